The molecule has 2 N–H and O–H groups in total. The third-order valence-electron chi connectivity index (χ3n) is 4.15. The molecule has 0 bridgehead atoms. The van der Waals surface area contributed by atoms with Crippen LogP contribution in [0.5, 0.6) is 0 Å². The van der Waals surface area contributed by atoms with Gasteiger partial charge in [0.2, 0.25) is 0 Å². The molecule has 0 saturated heterocycles. The second kappa shape index (κ2) is 8.43. The molecule has 3 rings (SSSR count). The van der Waals surface area contributed by atoms with Gasteiger partial charge in [-0.25, -0.2) is 8.78 Å². The van der Waals surface area contributed by atoms with E-state index in [2.05, 4.69) is 10.6 Å². The van der Waals surface area contributed by atoms with Crippen LogP contribution < -0.4 is 10.6 Å². The maximum Gasteiger partial charge on any atom is 0.255 e. The summed E-state index contributed by atoms with van der Waals surface area (Å²) in [4.78, 5) is 24.5. The van der Waals surface area contributed by atoms with Crippen LogP contribution >= 0.6 is 0 Å². The van der Waals surface area contributed by atoms with Crippen LogP contribution in [-0.4, -0.2) is 11.8 Å². The fourth-order valence-electron chi connectivity index (χ4n) is 2.68. The molecular formula is C22H18F2N2O2. The quantitative estimate of drug-likeness (QED) is 0.687. The van der Waals surface area contributed by atoms with Crippen molar-refractivity contribution in [3.05, 3.63) is 101 Å². The van der Waals surface area contributed by atoms with Gasteiger partial charge in [-0.1, -0.05) is 35.9 Å². The fourth-order valence-corrected chi connectivity index (χ4v) is 2.68. The van der Waals surface area contributed by atoms with Crippen molar-refractivity contribution in [3.8, 4) is 0 Å². The highest BCUT2D eigenvalue weighted by Gasteiger charge is 2.14. The first-order chi connectivity index (χ1) is 13.4. The van der Waals surface area contributed by atoms with E-state index in [0.717, 1.165) is 23.3 Å². The number of aryl methyl sites for hydroxylation is 1. The molecule has 0 heterocycles. The Bertz CT molecular complexity index is 997. The monoisotopic (exact) mass is 380 g/mol. The number of halogens is 2. The standard InChI is InChI=1S/C22H18F2N2O2/c1-14-4-2-5-15(12-14)13-25-21(27)16-8-10-17(11-9-16)22(28)26-20-18(23)6-3-7-19(20)24/h2-12H,13H2,1H3,(H,25,27)(H,26,28). The van der Waals surface area contributed by atoms with Crippen LogP contribution in [0.4, 0.5) is 14.5 Å². The Morgan fingerprint density at radius 1 is 0.821 bits per heavy atom. The van der Waals surface area contributed by atoms with Crippen molar-refractivity contribution in [1.82, 2.24) is 5.32 Å². The molecule has 0 saturated carbocycles. The number of hydrogen-bond donors (Lipinski definition) is 2. The molecule has 0 atom stereocenters. The summed E-state index contributed by atoms with van der Waals surface area (Å²) < 4.78 is 27.3. The molecule has 0 radical (unpaired) electrons. The summed E-state index contributed by atoms with van der Waals surface area (Å²) in [6, 6.07) is 16.9. The highest BCUT2D eigenvalue weighted by atomic mass is 19.1. The van der Waals surface area contributed by atoms with Crippen molar-refractivity contribution in [2.75, 3.05) is 5.32 Å². The predicted octanol–water partition coefficient (Wildman–Crippen LogP) is 4.46. The van der Waals surface area contributed by atoms with Crippen LogP contribution in [0.15, 0.2) is 66.7 Å². The number of anilines is 1. The zero-order valence-corrected chi connectivity index (χ0v) is 15.1. The van der Waals surface area contributed by atoms with E-state index in [0.29, 0.717) is 12.1 Å². The van der Waals surface area contributed by atoms with Crippen LogP contribution in [0.25, 0.3) is 0 Å². The Morgan fingerprint density at radius 2 is 1.39 bits per heavy atom. The molecule has 0 aromatic heterocycles. The first kappa shape index (κ1) is 19.2. The Hall–Kier alpha value is -3.54. The van der Waals surface area contributed by atoms with Crippen LogP contribution in [0, 0.1) is 18.6 Å². The van der Waals surface area contributed by atoms with Gasteiger partial charge in [0.1, 0.15) is 17.3 Å². The van der Waals surface area contributed by atoms with E-state index in [9.17, 15) is 18.4 Å². The van der Waals surface area contributed by atoms with Gasteiger partial charge in [-0.05, 0) is 48.9 Å². The van der Waals surface area contributed by atoms with Gasteiger partial charge in [0.15, 0.2) is 0 Å². The molecule has 0 aliphatic carbocycles. The van der Waals surface area contributed by atoms with Crippen molar-refractivity contribution in [2.24, 2.45) is 0 Å². The summed E-state index contributed by atoms with van der Waals surface area (Å²) in [5, 5.41) is 5.01. The maximum absolute atomic E-state index is 13.6. The van der Waals surface area contributed by atoms with E-state index in [1.807, 2.05) is 31.2 Å². The van der Waals surface area contributed by atoms with Crippen molar-refractivity contribution >= 4 is 17.5 Å². The molecule has 4 nitrogen and oxygen atoms in total. The summed E-state index contributed by atoms with van der Waals surface area (Å²) >= 11 is 0. The molecule has 6 heteroatoms. The van der Waals surface area contributed by atoms with Gasteiger partial charge in [0.25, 0.3) is 11.8 Å². The van der Waals surface area contributed by atoms with E-state index >= 15 is 0 Å². The third kappa shape index (κ3) is 4.59. The molecule has 0 spiro atoms. The molecule has 28 heavy (non-hydrogen) atoms. The van der Waals surface area contributed by atoms with Crippen molar-refractivity contribution in [3.63, 3.8) is 0 Å². The smallest absolute Gasteiger partial charge is 0.255 e. The van der Waals surface area contributed by atoms with Crippen molar-refractivity contribution < 1.29 is 18.4 Å². The van der Waals surface area contributed by atoms with E-state index in [-0.39, 0.29) is 11.5 Å². The maximum atomic E-state index is 13.6. The van der Waals surface area contributed by atoms with Gasteiger partial charge in [-0.2, -0.15) is 0 Å². The number of para-hydroxylation sites is 1. The fraction of sp³-hybridized carbons (Fsp3) is 0.0909. The third-order valence-corrected chi connectivity index (χ3v) is 4.15. The normalized spacial score (nSPS) is 10.4. The average molecular weight is 380 g/mol. The molecule has 3 aromatic carbocycles. The van der Waals surface area contributed by atoms with Crippen LogP contribution in [0.1, 0.15) is 31.8 Å². The molecular weight excluding hydrogens is 362 g/mol. The van der Waals surface area contributed by atoms with Gasteiger partial charge in [0, 0.05) is 17.7 Å². The average Bonchev–Trinajstić information content (AvgIpc) is 2.69. The topological polar surface area (TPSA) is 58.2 Å². The number of amides is 2. The number of rotatable bonds is 5. The van der Waals surface area contributed by atoms with Crippen molar-refractivity contribution in [1.29, 1.82) is 0 Å². The number of carbonyl (C=O) groups is 2. The van der Waals surface area contributed by atoms with Gasteiger partial charge in [-0.3, -0.25) is 9.59 Å². The number of hydrogen-bond acceptors (Lipinski definition) is 2. The predicted molar refractivity (Wildman–Crippen MR) is 103 cm³/mol. The molecule has 142 valence electrons. The first-order valence-corrected chi connectivity index (χ1v) is 8.63. The lowest BCUT2D eigenvalue weighted by Gasteiger charge is -2.09. The number of nitrogens with one attached hydrogen (secondary N) is 2. The minimum absolute atomic E-state index is 0.179. The Labute approximate surface area is 161 Å². The van der Waals surface area contributed by atoms with Crippen LogP contribution in [-0.2, 0) is 6.54 Å². The van der Waals surface area contributed by atoms with Crippen molar-refractivity contribution in [2.45, 2.75) is 13.5 Å². The zero-order chi connectivity index (χ0) is 20.1. The van der Waals surface area contributed by atoms with E-state index in [1.54, 1.807) is 0 Å². The molecule has 0 aliphatic rings. The highest BCUT2D eigenvalue weighted by molar-refractivity contribution is 6.05. The van der Waals surface area contributed by atoms with Crippen LogP contribution in [0.2, 0.25) is 0 Å². The lowest BCUT2D eigenvalue weighted by atomic mass is 10.1. The SMILES string of the molecule is Cc1cccc(CNC(=O)c2ccc(C(=O)Nc3c(F)cccc3F)cc2)c1. The molecule has 0 unspecified atom stereocenters. The van der Waals surface area contributed by atoms with E-state index in [1.165, 1.54) is 30.3 Å². The minimum Gasteiger partial charge on any atom is -0.348 e. The lowest BCUT2D eigenvalue weighted by molar-refractivity contribution is 0.0949. The minimum atomic E-state index is -0.861. The first-order valence-electron chi connectivity index (χ1n) is 8.63. The lowest BCUT2D eigenvalue weighted by Crippen LogP contribution is -2.23. The highest BCUT2D eigenvalue weighted by Crippen LogP contribution is 2.19. The molecule has 2 amide bonds. The largest absolute Gasteiger partial charge is 0.348 e. The van der Waals surface area contributed by atoms with Gasteiger partial charge in [0.05, 0.1) is 0 Å². The van der Waals surface area contributed by atoms with E-state index in [4.69, 9.17) is 0 Å². The summed E-state index contributed by atoms with van der Waals surface area (Å²) in [7, 11) is 0. The molecule has 0 aliphatic heterocycles. The van der Waals surface area contributed by atoms with Gasteiger partial charge in [-0.15, -0.1) is 0 Å². The Kier molecular flexibility index (Phi) is 5.79. The summed E-state index contributed by atoms with van der Waals surface area (Å²) in [5.74, 6) is -2.68. The number of carbonyl (C=O) groups excluding carboxylic acids is 2. The second-order valence-electron chi connectivity index (χ2n) is 6.30. The number of benzene rings is 3. The summed E-state index contributed by atoms with van der Waals surface area (Å²) in [6.07, 6.45) is 0. The Morgan fingerprint density at radius 3 is 2.00 bits per heavy atom. The molecule has 3 aromatic rings. The molecule has 0 fully saturated rings. The van der Waals surface area contributed by atoms with Gasteiger partial charge < -0.3 is 10.6 Å². The second-order valence-corrected chi connectivity index (χ2v) is 6.30. The summed E-state index contributed by atoms with van der Waals surface area (Å²) in [5.41, 5.74) is 2.14. The van der Waals surface area contributed by atoms with E-state index < -0.39 is 23.2 Å². The Balaban J connectivity index is 1.64. The zero-order valence-electron chi connectivity index (χ0n) is 15.1. The van der Waals surface area contributed by atoms with Crippen LogP contribution in [0.3, 0.4) is 0 Å². The summed E-state index contributed by atoms with van der Waals surface area (Å²) in [6.45, 7) is 2.36. The van der Waals surface area contributed by atoms with Gasteiger partial charge >= 0.3 is 0 Å².